The summed E-state index contributed by atoms with van der Waals surface area (Å²) < 4.78 is 0. The molecule has 0 radical (unpaired) electrons. The number of hydrogen-bond donors (Lipinski definition) is 3. The van der Waals surface area contributed by atoms with Crippen LogP contribution in [0.2, 0.25) is 0 Å². The predicted octanol–water partition coefficient (Wildman–Crippen LogP) is 1.34. The standard InChI is InChI=1S/C11H20N2O3/c1-3-8-4-6-11(7-5-8,9(14)15)13-10(16)12-2/h8H,3-7H2,1-2H3,(H,14,15)(H2,12,13,16). The van der Waals surface area contributed by atoms with E-state index in [-0.39, 0.29) is 0 Å². The first kappa shape index (κ1) is 12.8. The van der Waals surface area contributed by atoms with Gasteiger partial charge < -0.3 is 15.7 Å². The van der Waals surface area contributed by atoms with E-state index in [1.54, 1.807) is 0 Å². The molecule has 0 heterocycles. The van der Waals surface area contributed by atoms with E-state index < -0.39 is 17.5 Å². The Kier molecular flexibility index (Phi) is 4.15. The minimum atomic E-state index is -1.06. The van der Waals surface area contributed by atoms with E-state index in [0.717, 1.165) is 19.3 Å². The van der Waals surface area contributed by atoms with Crippen LogP contribution in [0.1, 0.15) is 39.0 Å². The maximum absolute atomic E-state index is 11.3. The monoisotopic (exact) mass is 228 g/mol. The Hall–Kier alpha value is -1.26. The topological polar surface area (TPSA) is 78.4 Å². The van der Waals surface area contributed by atoms with Crippen LogP contribution < -0.4 is 10.6 Å². The maximum Gasteiger partial charge on any atom is 0.329 e. The summed E-state index contributed by atoms with van der Waals surface area (Å²) in [6.07, 6.45) is 3.86. The minimum Gasteiger partial charge on any atom is -0.480 e. The van der Waals surface area contributed by atoms with E-state index >= 15 is 0 Å². The van der Waals surface area contributed by atoms with Gasteiger partial charge in [0.1, 0.15) is 5.54 Å². The van der Waals surface area contributed by atoms with E-state index in [2.05, 4.69) is 17.6 Å². The van der Waals surface area contributed by atoms with E-state index in [1.807, 2.05) is 0 Å². The Morgan fingerprint density at radius 2 is 1.94 bits per heavy atom. The van der Waals surface area contributed by atoms with Crippen LogP contribution in [-0.2, 0) is 4.79 Å². The number of urea groups is 1. The van der Waals surface area contributed by atoms with E-state index in [0.29, 0.717) is 18.8 Å². The molecular formula is C11H20N2O3. The van der Waals surface area contributed by atoms with E-state index in [4.69, 9.17) is 0 Å². The highest BCUT2D eigenvalue weighted by Gasteiger charge is 2.42. The maximum atomic E-state index is 11.3. The molecule has 1 fully saturated rings. The Balaban J connectivity index is 2.68. The highest BCUT2D eigenvalue weighted by Crippen LogP contribution is 2.33. The van der Waals surface area contributed by atoms with Crippen molar-refractivity contribution in [2.24, 2.45) is 5.92 Å². The Morgan fingerprint density at radius 3 is 2.31 bits per heavy atom. The van der Waals surface area contributed by atoms with Crippen LogP contribution in [0.3, 0.4) is 0 Å². The average Bonchev–Trinajstić information content (AvgIpc) is 2.29. The van der Waals surface area contributed by atoms with Crippen molar-refractivity contribution in [3.8, 4) is 0 Å². The molecule has 0 bridgehead atoms. The van der Waals surface area contributed by atoms with Crippen molar-refractivity contribution in [2.45, 2.75) is 44.6 Å². The van der Waals surface area contributed by atoms with Crippen molar-refractivity contribution >= 4 is 12.0 Å². The van der Waals surface area contributed by atoms with Crippen LogP contribution in [-0.4, -0.2) is 29.7 Å². The third kappa shape index (κ3) is 2.65. The van der Waals surface area contributed by atoms with E-state index in [1.165, 1.54) is 7.05 Å². The molecule has 16 heavy (non-hydrogen) atoms. The third-order valence-corrected chi connectivity index (χ3v) is 3.53. The molecule has 3 N–H and O–H groups in total. The number of hydrogen-bond acceptors (Lipinski definition) is 2. The summed E-state index contributed by atoms with van der Waals surface area (Å²) in [6.45, 7) is 2.12. The minimum absolute atomic E-state index is 0.419. The van der Waals surface area contributed by atoms with Crippen LogP contribution in [0.15, 0.2) is 0 Å². The van der Waals surface area contributed by atoms with Gasteiger partial charge in [0.05, 0.1) is 0 Å². The van der Waals surface area contributed by atoms with Crippen molar-refractivity contribution in [3.05, 3.63) is 0 Å². The molecule has 2 amide bonds. The quantitative estimate of drug-likeness (QED) is 0.682. The van der Waals surface area contributed by atoms with Crippen molar-refractivity contribution < 1.29 is 14.7 Å². The number of nitrogens with one attached hydrogen (secondary N) is 2. The van der Waals surface area contributed by atoms with Gasteiger partial charge in [0.15, 0.2) is 0 Å². The molecule has 0 aliphatic heterocycles. The number of amides is 2. The Morgan fingerprint density at radius 1 is 1.38 bits per heavy atom. The zero-order valence-electron chi connectivity index (χ0n) is 9.88. The number of aliphatic carboxylic acids is 1. The molecule has 0 aromatic carbocycles. The molecule has 0 saturated heterocycles. The molecular weight excluding hydrogens is 208 g/mol. The van der Waals surface area contributed by atoms with Crippen LogP contribution in [0.4, 0.5) is 4.79 Å². The summed E-state index contributed by atoms with van der Waals surface area (Å²) >= 11 is 0. The molecule has 0 aromatic rings. The normalized spacial score (nSPS) is 29.5. The second-order valence-corrected chi connectivity index (χ2v) is 4.44. The summed E-state index contributed by atoms with van der Waals surface area (Å²) in [4.78, 5) is 22.5. The SMILES string of the molecule is CCC1CCC(NC(=O)NC)(C(=O)O)CC1. The molecule has 1 aliphatic rings. The Labute approximate surface area is 95.6 Å². The fraction of sp³-hybridized carbons (Fsp3) is 0.818. The lowest BCUT2D eigenvalue weighted by Crippen LogP contribution is -2.58. The van der Waals surface area contributed by atoms with Crippen LogP contribution >= 0.6 is 0 Å². The molecule has 1 rings (SSSR count). The van der Waals surface area contributed by atoms with Crippen molar-refractivity contribution in [3.63, 3.8) is 0 Å². The van der Waals surface area contributed by atoms with Gasteiger partial charge >= 0.3 is 12.0 Å². The van der Waals surface area contributed by atoms with Crippen LogP contribution in [0.25, 0.3) is 0 Å². The van der Waals surface area contributed by atoms with Gasteiger partial charge in [-0.1, -0.05) is 13.3 Å². The van der Waals surface area contributed by atoms with Gasteiger partial charge in [0, 0.05) is 7.05 Å². The van der Waals surface area contributed by atoms with Gasteiger partial charge in [-0.05, 0) is 31.6 Å². The fourth-order valence-electron chi connectivity index (χ4n) is 2.25. The zero-order valence-corrected chi connectivity index (χ0v) is 9.88. The smallest absolute Gasteiger partial charge is 0.329 e. The molecule has 5 nitrogen and oxygen atoms in total. The molecule has 0 unspecified atom stereocenters. The van der Waals surface area contributed by atoms with Gasteiger partial charge in [-0.2, -0.15) is 0 Å². The van der Waals surface area contributed by atoms with Gasteiger partial charge in [0.25, 0.3) is 0 Å². The lowest BCUT2D eigenvalue weighted by atomic mass is 9.75. The third-order valence-electron chi connectivity index (χ3n) is 3.53. The van der Waals surface area contributed by atoms with Crippen molar-refractivity contribution in [1.82, 2.24) is 10.6 Å². The lowest BCUT2D eigenvalue weighted by Gasteiger charge is -2.37. The zero-order chi connectivity index (χ0) is 12.2. The second kappa shape index (κ2) is 5.18. The number of carboxylic acid groups (broad SMARTS) is 1. The number of carbonyl (C=O) groups is 2. The first-order valence-electron chi connectivity index (χ1n) is 5.77. The summed E-state index contributed by atoms with van der Waals surface area (Å²) in [5, 5.41) is 14.2. The van der Waals surface area contributed by atoms with Gasteiger partial charge in [0.2, 0.25) is 0 Å². The molecule has 92 valence electrons. The lowest BCUT2D eigenvalue weighted by molar-refractivity contribution is -0.146. The molecule has 0 spiro atoms. The molecule has 0 atom stereocenters. The number of carbonyl (C=O) groups excluding carboxylic acids is 1. The molecule has 5 heteroatoms. The van der Waals surface area contributed by atoms with Crippen LogP contribution in [0.5, 0.6) is 0 Å². The molecule has 0 aromatic heterocycles. The summed E-state index contributed by atoms with van der Waals surface area (Å²) in [5.74, 6) is -0.329. The van der Waals surface area contributed by atoms with Crippen molar-refractivity contribution in [1.29, 1.82) is 0 Å². The largest absolute Gasteiger partial charge is 0.480 e. The highest BCUT2D eigenvalue weighted by atomic mass is 16.4. The van der Waals surface area contributed by atoms with Gasteiger partial charge in [-0.25, -0.2) is 9.59 Å². The van der Waals surface area contributed by atoms with Crippen LogP contribution in [0, 0.1) is 5.92 Å². The first-order chi connectivity index (χ1) is 7.54. The summed E-state index contributed by atoms with van der Waals surface area (Å²) in [7, 11) is 1.49. The average molecular weight is 228 g/mol. The summed E-state index contributed by atoms with van der Waals surface area (Å²) in [5.41, 5.74) is -1.06. The van der Waals surface area contributed by atoms with Crippen molar-refractivity contribution in [2.75, 3.05) is 7.05 Å². The van der Waals surface area contributed by atoms with Gasteiger partial charge in [-0.3, -0.25) is 0 Å². The predicted molar refractivity (Wildman–Crippen MR) is 60.2 cm³/mol. The second-order valence-electron chi connectivity index (χ2n) is 4.44. The highest BCUT2D eigenvalue weighted by molar-refractivity contribution is 5.86. The summed E-state index contributed by atoms with van der Waals surface area (Å²) in [6, 6.07) is -0.419. The van der Waals surface area contributed by atoms with Gasteiger partial charge in [-0.15, -0.1) is 0 Å². The Bertz CT molecular complexity index is 270. The first-order valence-corrected chi connectivity index (χ1v) is 5.77. The molecule has 1 saturated carbocycles. The number of carboxylic acids is 1. The molecule has 1 aliphatic carbocycles. The fourth-order valence-corrected chi connectivity index (χ4v) is 2.25. The number of rotatable bonds is 3. The van der Waals surface area contributed by atoms with E-state index in [9.17, 15) is 14.7 Å².